The molecule has 5 rings (SSSR count). The molecule has 2 heterocycles. The molecule has 3 aromatic carbocycles. The van der Waals surface area contributed by atoms with Crippen LogP contribution in [0.4, 0.5) is 0 Å². The highest BCUT2D eigenvalue weighted by atomic mass is 16.5. The van der Waals surface area contributed by atoms with E-state index in [0.717, 1.165) is 16.4 Å². The fourth-order valence-corrected chi connectivity index (χ4v) is 4.33. The van der Waals surface area contributed by atoms with E-state index in [2.05, 4.69) is 10.3 Å². The lowest BCUT2D eigenvalue weighted by atomic mass is 9.92. The Hall–Kier alpha value is -4.20. The maximum absolute atomic E-state index is 12.9. The van der Waals surface area contributed by atoms with Gasteiger partial charge in [0.1, 0.15) is 5.75 Å². The Kier molecular flexibility index (Phi) is 4.44. The number of imide groups is 1. The molecule has 2 amide bonds. The molecule has 0 radical (unpaired) electrons. The van der Waals surface area contributed by atoms with Crippen molar-refractivity contribution in [3.8, 4) is 34.1 Å². The molecular formula is C24H20N2O6. The van der Waals surface area contributed by atoms with Gasteiger partial charge in [0.2, 0.25) is 5.75 Å². The molecule has 0 saturated heterocycles. The summed E-state index contributed by atoms with van der Waals surface area (Å²) in [4.78, 5) is 29.1. The van der Waals surface area contributed by atoms with E-state index in [9.17, 15) is 9.59 Å². The number of aromatic nitrogens is 1. The zero-order chi connectivity index (χ0) is 22.6. The average Bonchev–Trinajstić information content (AvgIpc) is 3.32. The molecule has 0 bridgehead atoms. The van der Waals surface area contributed by atoms with Crippen LogP contribution in [0.1, 0.15) is 20.7 Å². The summed E-state index contributed by atoms with van der Waals surface area (Å²) in [6.07, 6.45) is 0. The molecule has 1 aliphatic rings. The van der Waals surface area contributed by atoms with Crippen LogP contribution in [0.2, 0.25) is 0 Å². The molecule has 1 aromatic heterocycles. The van der Waals surface area contributed by atoms with Gasteiger partial charge in [-0.2, -0.15) is 0 Å². The van der Waals surface area contributed by atoms with Crippen LogP contribution in [-0.4, -0.2) is 45.2 Å². The van der Waals surface area contributed by atoms with Gasteiger partial charge in [-0.1, -0.05) is 0 Å². The summed E-state index contributed by atoms with van der Waals surface area (Å²) in [5, 5.41) is 3.91. The first kappa shape index (κ1) is 19.7. The molecule has 0 saturated carbocycles. The van der Waals surface area contributed by atoms with E-state index in [4.69, 9.17) is 18.9 Å². The number of benzene rings is 3. The predicted octanol–water partition coefficient (Wildman–Crippen LogP) is 3.91. The molecule has 4 aromatic rings. The van der Waals surface area contributed by atoms with Gasteiger partial charge >= 0.3 is 0 Å². The number of carbonyl (C=O) groups is 2. The first-order valence-corrected chi connectivity index (χ1v) is 9.83. The van der Waals surface area contributed by atoms with E-state index < -0.39 is 11.8 Å². The van der Waals surface area contributed by atoms with Crippen molar-refractivity contribution < 1.29 is 28.5 Å². The Labute approximate surface area is 183 Å². The van der Waals surface area contributed by atoms with Gasteiger partial charge in [-0.05, 0) is 47.5 Å². The van der Waals surface area contributed by atoms with Gasteiger partial charge < -0.3 is 23.9 Å². The molecule has 32 heavy (non-hydrogen) atoms. The van der Waals surface area contributed by atoms with E-state index in [0.29, 0.717) is 50.6 Å². The van der Waals surface area contributed by atoms with Crippen molar-refractivity contribution in [3.63, 3.8) is 0 Å². The van der Waals surface area contributed by atoms with Crippen LogP contribution >= 0.6 is 0 Å². The number of carbonyl (C=O) groups excluding carboxylic acids is 2. The number of hydrogen-bond acceptors (Lipinski definition) is 6. The Morgan fingerprint density at radius 2 is 1.41 bits per heavy atom. The van der Waals surface area contributed by atoms with E-state index in [1.165, 1.54) is 21.3 Å². The van der Waals surface area contributed by atoms with E-state index in [-0.39, 0.29) is 0 Å². The molecule has 2 N–H and O–H groups in total. The molecule has 0 fully saturated rings. The zero-order valence-corrected chi connectivity index (χ0v) is 17.9. The highest BCUT2D eigenvalue weighted by Gasteiger charge is 2.34. The van der Waals surface area contributed by atoms with E-state index in [1.54, 1.807) is 19.2 Å². The van der Waals surface area contributed by atoms with Gasteiger partial charge in [-0.3, -0.25) is 14.9 Å². The first-order valence-electron chi connectivity index (χ1n) is 9.83. The molecule has 8 nitrogen and oxygen atoms in total. The minimum Gasteiger partial charge on any atom is -0.497 e. The van der Waals surface area contributed by atoms with Crippen LogP contribution in [0.25, 0.3) is 32.9 Å². The molecule has 0 spiro atoms. The number of nitrogens with one attached hydrogen (secondary N) is 2. The second-order valence-electron chi connectivity index (χ2n) is 7.33. The number of rotatable bonds is 5. The standard InChI is InChI=1S/C24H20N2O6/c1-29-12-5-6-15-14(9-12)19-16(25-15)10-13(20-21(19)24(28)26-23(20)27)11-7-17(30-2)22(32-4)18(8-11)31-3/h5-10,25H,1-4H3,(H,26,27,28). The molecular weight excluding hydrogens is 412 g/mol. The van der Waals surface area contributed by atoms with Crippen molar-refractivity contribution >= 4 is 33.6 Å². The van der Waals surface area contributed by atoms with Crippen molar-refractivity contribution in [2.24, 2.45) is 0 Å². The van der Waals surface area contributed by atoms with Crippen LogP contribution < -0.4 is 24.3 Å². The first-order chi connectivity index (χ1) is 15.5. The number of amides is 2. The lowest BCUT2D eigenvalue weighted by Gasteiger charge is -2.15. The van der Waals surface area contributed by atoms with Crippen molar-refractivity contribution in [2.45, 2.75) is 0 Å². The summed E-state index contributed by atoms with van der Waals surface area (Å²) in [7, 11) is 6.15. The van der Waals surface area contributed by atoms with Crippen molar-refractivity contribution in [1.29, 1.82) is 0 Å². The molecule has 162 valence electrons. The summed E-state index contributed by atoms with van der Waals surface area (Å²) in [6.45, 7) is 0. The van der Waals surface area contributed by atoms with Crippen molar-refractivity contribution in [1.82, 2.24) is 10.3 Å². The largest absolute Gasteiger partial charge is 0.497 e. The Morgan fingerprint density at radius 1 is 0.719 bits per heavy atom. The highest BCUT2D eigenvalue weighted by Crippen LogP contribution is 2.45. The van der Waals surface area contributed by atoms with Gasteiger partial charge in [-0.15, -0.1) is 0 Å². The van der Waals surface area contributed by atoms with Gasteiger partial charge in [0.15, 0.2) is 11.5 Å². The number of hydrogen-bond donors (Lipinski definition) is 2. The third-order valence-electron chi connectivity index (χ3n) is 5.75. The number of fused-ring (bicyclic) bond motifs is 5. The molecule has 8 heteroatoms. The summed E-state index contributed by atoms with van der Waals surface area (Å²) in [6, 6.07) is 10.9. The molecule has 0 aliphatic carbocycles. The van der Waals surface area contributed by atoms with E-state index in [1.807, 2.05) is 24.3 Å². The third-order valence-corrected chi connectivity index (χ3v) is 5.75. The van der Waals surface area contributed by atoms with Crippen LogP contribution in [0.5, 0.6) is 23.0 Å². The SMILES string of the molecule is COc1ccc2[nH]c3cc(-c4cc(OC)c(OC)c(OC)c4)c4c(c3c2c1)C(=O)NC4=O. The van der Waals surface area contributed by atoms with Crippen molar-refractivity contribution in [2.75, 3.05) is 28.4 Å². The van der Waals surface area contributed by atoms with Crippen LogP contribution in [0, 0.1) is 0 Å². The Balaban J connectivity index is 1.88. The monoisotopic (exact) mass is 432 g/mol. The van der Waals surface area contributed by atoms with Gasteiger partial charge in [0.05, 0.1) is 39.6 Å². The maximum atomic E-state index is 12.9. The number of aromatic amines is 1. The van der Waals surface area contributed by atoms with Crippen molar-refractivity contribution in [3.05, 3.63) is 47.5 Å². The predicted molar refractivity (Wildman–Crippen MR) is 119 cm³/mol. The smallest absolute Gasteiger partial charge is 0.259 e. The second-order valence-corrected chi connectivity index (χ2v) is 7.33. The Bertz CT molecular complexity index is 1410. The Morgan fingerprint density at radius 3 is 2.03 bits per heavy atom. The fraction of sp³-hybridized carbons (Fsp3) is 0.167. The zero-order valence-electron chi connectivity index (χ0n) is 17.9. The lowest BCUT2D eigenvalue weighted by Crippen LogP contribution is -2.20. The van der Waals surface area contributed by atoms with Gasteiger partial charge in [0, 0.05) is 21.8 Å². The van der Waals surface area contributed by atoms with Crippen LogP contribution in [0.15, 0.2) is 36.4 Å². The molecule has 1 aliphatic heterocycles. The van der Waals surface area contributed by atoms with Crippen LogP contribution in [0.3, 0.4) is 0 Å². The maximum Gasteiger partial charge on any atom is 0.259 e. The summed E-state index contributed by atoms with van der Waals surface area (Å²) >= 11 is 0. The van der Waals surface area contributed by atoms with Gasteiger partial charge in [0.25, 0.3) is 11.8 Å². The molecule has 0 atom stereocenters. The van der Waals surface area contributed by atoms with Crippen LogP contribution in [-0.2, 0) is 0 Å². The summed E-state index contributed by atoms with van der Waals surface area (Å²) in [5.74, 6) is 1.10. The lowest BCUT2D eigenvalue weighted by molar-refractivity contribution is 0.0880. The number of ether oxygens (including phenoxy) is 4. The normalized spacial score (nSPS) is 12.8. The highest BCUT2D eigenvalue weighted by molar-refractivity contribution is 6.32. The average molecular weight is 432 g/mol. The summed E-state index contributed by atoms with van der Waals surface area (Å²) < 4.78 is 21.7. The minimum absolute atomic E-state index is 0.306. The van der Waals surface area contributed by atoms with Gasteiger partial charge in [-0.25, -0.2) is 0 Å². The fourth-order valence-electron chi connectivity index (χ4n) is 4.33. The van der Waals surface area contributed by atoms with E-state index >= 15 is 0 Å². The number of H-pyrrole nitrogens is 1. The number of methoxy groups -OCH3 is 4. The summed E-state index contributed by atoms with van der Waals surface area (Å²) in [5.41, 5.74) is 3.42. The quantitative estimate of drug-likeness (QED) is 0.464. The second kappa shape index (κ2) is 7.19. The molecule has 0 unspecified atom stereocenters. The third kappa shape index (κ3) is 2.69. The topological polar surface area (TPSA) is 98.9 Å². The minimum atomic E-state index is -0.451.